The fourth-order valence-electron chi connectivity index (χ4n) is 3.58. The number of benzene rings is 1. The van der Waals surface area contributed by atoms with Gasteiger partial charge >= 0.3 is 5.97 Å². The summed E-state index contributed by atoms with van der Waals surface area (Å²) in [5.41, 5.74) is 7.81. The highest BCUT2D eigenvalue weighted by Crippen LogP contribution is 2.20. The quantitative estimate of drug-likeness (QED) is 0.435. The number of carbonyl (C=O) groups excluding carboxylic acids is 2. The van der Waals surface area contributed by atoms with Gasteiger partial charge in [0.05, 0.1) is 12.6 Å². The van der Waals surface area contributed by atoms with Crippen LogP contribution in [0.1, 0.15) is 18.4 Å². The van der Waals surface area contributed by atoms with Crippen molar-refractivity contribution in [3.8, 4) is 0 Å². The molecule has 2 amide bonds. The van der Waals surface area contributed by atoms with Gasteiger partial charge in [0, 0.05) is 23.6 Å². The molecular formula is C19H24N4O5. The largest absolute Gasteiger partial charge is 0.480 e. The van der Waals surface area contributed by atoms with Gasteiger partial charge in [-0.1, -0.05) is 18.2 Å². The van der Waals surface area contributed by atoms with E-state index in [0.717, 1.165) is 16.5 Å². The van der Waals surface area contributed by atoms with Crippen LogP contribution in [0.4, 0.5) is 0 Å². The van der Waals surface area contributed by atoms with E-state index in [1.165, 1.54) is 4.90 Å². The Morgan fingerprint density at radius 1 is 1.32 bits per heavy atom. The normalized spacial score (nSPS) is 18.8. The Bertz CT molecular complexity index is 880. The van der Waals surface area contributed by atoms with Gasteiger partial charge in [-0.25, -0.2) is 4.79 Å². The van der Waals surface area contributed by atoms with Gasteiger partial charge in [0.2, 0.25) is 11.8 Å². The van der Waals surface area contributed by atoms with Crippen LogP contribution < -0.4 is 11.1 Å². The molecule has 9 nitrogen and oxygen atoms in total. The van der Waals surface area contributed by atoms with Crippen molar-refractivity contribution in [2.45, 2.75) is 37.4 Å². The van der Waals surface area contributed by atoms with E-state index in [1.807, 2.05) is 24.3 Å². The molecule has 1 aromatic carbocycles. The number of aliphatic carboxylic acids is 1. The lowest BCUT2D eigenvalue weighted by Crippen LogP contribution is -2.56. The summed E-state index contributed by atoms with van der Waals surface area (Å²) in [5, 5.41) is 22.2. The predicted molar refractivity (Wildman–Crippen MR) is 101 cm³/mol. The summed E-state index contributed by atoms with van der Waals surface area (Å²) in [7, 11) is 0. The number of fused-ring (bicyclic) bond motifs is 1. The van der Waals surface area contributed by atoms with Gasteiger partial charge < -0.3 is 31.1 Å². The SMILES string of the molecule is N[C@@H](Cc1c[nH]c2ccccc12)C(=O)N[C@@H](CO)C(=O)N1CCC[C@@H]1C(=O)O. The van der Waals surface area contributed by atoms with Gasteiger partial charge in [-0.15, -0.1) is 0 Å². The average Bonchev–Trinajstić information content (AvgIpc) is 3.33. The van der Waals surface area contributed by atoms with Gasteiger partial charge in [-0.3, -0.25) is 9.59 Å². The molecule has 0 saturated carbocycles. The maximum absolute atomic E-state index is 12.6. The number of nitrogens with zero attached hydrogens (tertiary/aromatic N) is 1. The van der Waals surface area contributed by atoms with Crippen LogP contribution in [0.5, 0.6) is 0 Å². The minimum atomic E-state index is -1.22. The molecule has 2 aromatic rings. The van der Waals surface area contributed by atoms with Gasteiger partial charge in [0.1, 0.15) is 12.1 Å². The highest BCUT2D eigenvalue weighted by molar-refractivity contribution is 5.92. The Labute approximate surface area is 161 Å². The third-order valence-corrected chi connectivity index (χ3v) is 5.07. The Kier molecular flexibility index (Phi) is 5.96. The zero-order valence-corrected chi connectivity index (χ0v) is 15.3. The maximum Gasteiger partial charge on any atom is 0.326 e. The van der Waals surface area contributed by atoms with Crippen molar-refractivity contribution in [3.63, 3.8) is 0 Å². The van der Waals surface area contributed by atoms with E-state index in [1.54, 1.807) is 6.20 Å². The topological polar surface area (TPSA) is 149 Å². The van der Waals surface area contributed by atoms with Crippen molar-refractivity contribution in [2.75, 3.05) is 13.2 Å². The van der Waals surface area contributed by atoms with Crippen molar-refractivity contribution in [2.24, 2.45) is 5.73 Å². The predicted octanol–water partition coefficient (Wildman–Crippen LogP) is -0.410. The molecule has 0 unspecified atom stereocenters. The van der Waals surface area contributed by atoms with Gasteiger partial charge in [-0.2, -0.15) is 0 Å². The lowest BCUT2D eigenvalue weighted by atomic mass is 10.0. The number of aliphatic hydroxyl groups excluding tert-OH is 1. The minimum absolute atomic E-state index is 0.254. The molecule has 3 atom stereocenters. The Balaban J connectivity index is 1.64. The first kappa shape index (κ1) is 19.8. The van der Waals surface area contributed by atoms with Crippen LogP contribution in [-0.4, -0.2) is 69.2 Å². The monoisotopic (exact) mass is 388 g/mol. The summed E-state index contributed by atoms with van der Waals surface area (Å²) in [4.78, 5) is 40.6. The molecule has 0 spiro atoms. The highest BCUT2D eigenvalue weighted by Gasteiger charge is 2.37. The van der Waals surface area contributed by atoms with Crippen molar-refractivity contribution in [3.05, 3.63) is 36.0 Å². The molecule has 0 radical (unpaired) electrons. The number of carboxylic acid groups (broad SMARTS) is 1. The summed E-state index contributed by atoms with van der Waals surface area (Å²) in [6.45, 7) is -0.350. The summed E-state index contributed by atoms with van der Waals surface area (Å²) in [6.07, 6.45) is 2.96. The highest BCUT2D eigenvalue weighted by atomic mass is 16.4. The molecule has 9 heteroatoms. The van der Waals surface area contributed by atoms with Gasteiger partial charge in [0.25, 0.3) is 0 Å². The number of H-pyrrole nitrogens is 1. The molecular weight excluding hydrogens is 364 g/mol. The molecule has 3 rings (SSSR count). The first-order valence-corrected chi connectivity index (χ1v) is 9.17. The van der Waals surface area contributed by atoms with Crippen molar-refractivity contribution in [1.29, 1.82) is 0 Å². The van der Waals surface area contributed by atoms with Crippen LogP contribution in [0, 0.1) is 0 Å². The van der Waals surface area contributed by atoms with E-state index in [-0.39, 0.29) is 13.0 Å². The van der Waals surface area contributed by atoms with Crippen LogP contribution in [0.25, 0.3) is 10.9 Å². The molecule has 1 aliphatic rings. The van der Waals surface area contributed by atoms with Crippen LogP contribution in [-0.2, 0) is 20.8 Å². The Morgan fingerprint density at radius 3 is 2.79 bits per heavy atom. The maximum atomic E-state index is 12.6. The number of nitrogens with one attached hydrogen (secondary N) is 2. The lowest BCUT2D eigenvalue weighted by molar-refractivity contribution is -0.149. The third-order valence-electron chi connectivity index (χ3n) is 5.07. The Morgan fingerprint density at radius 2 is 2.07 bits per heavy atom. The van der Waals surface area contributed by atoms with Crippen molar-refractivity contribution in [1.82, 2.24) is 15.2 Å². The molecule has 1 aromatic heterocycles. The summed E-state index contributed by atoms with van der Waals surface area (Å²) in [6, 6.07) is 4.55. The van der Waals surface area contributed by atoms with Crippen molar-refractivity contribution < 1.29 is 24.6 Å². The zero-order chi connectivity index (χ0) is 20.3. The van der Waals surface area contributed by atoms with E-state index in [9.17, 15) is 24.6 Å². The number of aliphatic hydroxyl groups is 1. The number of aromatic amines is 1. The van der Waals surface area contributed by atoms with E-state index >= 15 is 0 Å². The van der Waals surface area contributed by atoms with Gasteiger partial charge in [-0.05, 0) is 30.9 Å². The fourth-order valence-corrected chi connectivity index (χ4v) is 3.58. The first-order chi connectivity index (χ1) is 13.4. The average molecular weight is 388 g/mol. The molecule has 6 N–H and O–H groups in total. The number of carboxylic acids is 1. The second kappa shape index (κ2) is 8.41. The summed E-state index contributed by atoms with van der Waals surface area (Å²) >= 11 is 0. The number of nitrogens with two attached hydrogens (primary N) is 1. The molecule has 1 aliphatic heterocycles. The molecule has 1 saturated heterocycles. The van der Waals surface area contributed by atoms with Crippen molar-refractivity contribution >= 4 is 28.7 Å². The number of para-hydroxylation sites is 1. The second-order valence-electron chi connectivity index (χ2n) is 6.94. The van der Waals surface area contributed by atoms with E-state index < -0.39 is 42.5 Å². The second-order valence-corrected chi connectivity index (χ2v) is 6.94. The molecule has 28 heavy (non-hydrogen) atoms. The van der Waals surface area contributed by atoms with Crippen LogP contribution in [0.3, 0.4) is 0 Å². The fraction of sp³-hybridized carbons (Fsp3) is 0.421. The number of likely N-dealkylation sites (tertiary alicyclic amines) is 1. The van der Waals surface area contributed by atoms with Crippen LogP contribution >= 0.6 is 0 Å². The number of hydrogen-bond donors (Lipinski definition) is 5. The first-order valence-electron chi connectivity index (χ1n) is 9.17. The van der Waals surface area contributed by atoms with E-state index in [4.69, 9.17) is 5.73 Å². The zero-order valence-electron chi connectivity index (χ0n) is 15.3. The summed E-state index contributed by atoms with van der Waals surface area (Å²) < 4.78 is 0. The Hall–Kier alpha value is -2.91. The number of hydrogen-bond acceptors (Lipinski definition) is 5. The number of aromatic nitrogens is 1. The molecule has 1 fully saturated rings. The molecule has 0 bridgehead atoms. The third kappa shape index (κ3) is 4.00. The van der Waals surface area contributed by atoms with E-state index in [2.05, 4.69) is 10.3 Å². The number of amides is 2. The number of carbonyl (C=O) groups is 3. The minimum Gasteiger partial charge on any atom is -0.480 e. The standard InChI is InChI=1S/C19H24N4O5/c20-13(8-11-9-21-14-5-2-1-4-12(11)14)17(25)22-15(10-24)18(26)23-7-3-6-16(23)19(27)28/h1-2,4-5,9,13,15-16,21,24H,3,6-8,10,20H2,(H,22,25)(H,27,28)/t13-,15-,16+/m0/s1. The van der Waals surface area contributed by atoms with Gasteiger partial charge in [0.15, 0.2) is 0 Å². The number of rotatable bonds is 7. The van der Waals surface area contributed by atoms with Crippen LogP contribution in [0.2, 0.25) is 0 Å². The van der Waals surface area contributed by atoms with E-state index in [0.29, 0.717) is 12.8 Å². The lowest BCUT2D eigenvalue weighted by Gasteiger charge is -2.27. The van der Waals surface area contributed by atoms with Crippen LogP contribution in [0.15, 0.2) is 30.5 Å². The summed E-state index contributed by atoms with van der Waals surface area (Å²) in [5.74, 6) is -2.28. The molecule has 0 aliphatic carbocycles. The smallest absolute Gasteiger partial charge is 0.326 e. The molecule has 2 heterocycles. The molecule has 150 valence electrons.